The van der Waals surface area contributed by atoms with Crippen LogP contribution in [0.5, 0.6) is 0 Å². The maximum Gasteiger partial charge on any atom is 0.0611 e. The maximum atomic E-state index is 9.40. The van der Waals surface area contributed by atoms with E-state index in [0.717, 1.165) is 18.8 Å². The van der Waals surface area contributed by atoms with Gasteiger partial charge in [0.05, 0.1) is 6.61 Å². The highest BCUT2D eigenvalue weighted by atomic mass is 16.3. The molecule has 3 atom stereocenters. The Bertz CT molecular complexity index is 246. The predicted molar refractivity (Wildman–Crippen MR) is 70.8 cm³/mol. The summed E-state index contributed by atoms with van der Waals surface area (Å²) in [5.41, 5.74) is 5.93. The number of likely N-dealkylation sites (tertiary alicyclic amines) is 1. The van der Waals surface area contributed by atoms with E-state index in [4.69, 9.17) is 5.73 Å². The maximum absolute atomic E-state index is 9.40. The average molecular weight is 240 g/mol. The molecule has 3 N–H and O–H groups in total. The SMILES string of the molecule is CCCC1CCN(C2CCCC(N)(CO)C2)C1. The molecule has 0 bridgehead atoms. The van der Waals surface area contributed by atoms with Crippen LogP contribution in [0.3, 0.4) is 0 Å². The minimum Gasteiger partial charge on any atom is -0.394 e. The molecule has 1 saturated carbocycles. The molecular weight excluding hydrogens is 212 g/mol. The Morgan fingerprint density at radius 3 is 2.94 bits per heavy atom. The van der Waals surface area contributed by atoms with Gasteiger partial charge < -0.3 is 15.7 Å². The van der Waals surface area contributed by atoms with Gasteiger partial charge in [-0.05, 0) is 51.0 Å². The molecular formula is C14H28N2O. The van der Waals surface area contributed by atoms with E-state index in [2.05, 4.69) is 11.8 Å². The van der Waals surface area contributed by atoms with Crippen LogP contribution in [0.1, 0.15) is 51.9 Å². The lowest BCUT2D eigenvalue weighted by Gasteiger charge is -2.40. The lowest BCUT2D eigenvalue weighted by atomic mass is 9.80. The fourth-order valence-corrected chi connectivity index (χ4v) is 3.66. The third-order valence-electron chi connectivity index (χ3n) is 4.70. The van der Waals surface area contributed by atoms with Crippen molar-refractivity contribution in [1.29, 1.82) is 0 Å². The predicted octanol–water partition coefficient (Wildman–Crippen LogP) is 1.74. The summed E-state index contributed by atoms with van der Waals surface area (Å²) in [5, 5.41) is 9.40. The summed E-state index contributed by atoms with van der Waals surface area (Å²) in [6.07, 6.45) is 8.47. The van der Waals surface area contributed by atoms with Gasteiger partial charge >= 0.3 is 0 Å². The van der Waals surface area contributed by atoms with E-state index in [-0.39, 0.29) is 12.1 Å². The number of nitrogens with zero attached hydrogens (tertiary/aromatic N) is 1. The van der Waals surface area contributed by atoms with Gasteiger partial charge in [-0.3, -0.25) is 0 Å². The molecule has 0 aromatic rings. The van der Waals surface area contributed by atoms with Gasteiger partial charge in [-0.25, -0.2) is 0 Å². The summed E-state index contributed by atoms with van der Waals surface area (Å²) in [5.74, 6) is 0.906. The summed E-state index contributed by atoms with van der Waals surface area (Å²) in [7, 11) is 0. The largest absolute Gasteiger partial charge is 0.394 e. The van der Waals surface area contributed by atoms with E-state index in [0.29, 0.717) is 6.04 Å². The number of aliphatic hydroxyl groups excluding tert-OH is 1. The molecule has 1 aliphatic heterocycles. The molecule has 100 valence electrons. The Labute approximate surface area is 105 Å². The van der Waals surface area contributed by atoms with Crippen molar-refractivity contribution in [3.05, 3.63) is 0 Å². The van der Waals surface area contributed by atoms with Crippen LogP contribution in [0.15, 0.2) is 0 Å². The van der Waals surface area contributed by atoms with Crippen molar-refractivity contribution in [2.75, 3.05) is 19.7 Å². The Kier molecular flexibility index (Phi) is 4.45. The molecule has 1 saturated heterocycles. The van der Waals surface area contributed by atoms with Crippen LogP contribution < -0.4 is 5.73 Å². The zero-order chi connectivity index (χ0) is 12.3. The summed E-state index contributed by atoms with van der Waals surface area (Å²) >= 11 is 0. The number of rotatable bonds is 4. The Balaban J connectivity index is 1.86. The highest BCUT2D eigenvalue weighted by Gasteiger charge is 2.36. The van der Waals surface area contributed by atoms with Gasteiger partial charge in [0, 0.05) is 18.1 Å². The van der Waals surface area contributed by atoms with Gasteiger partial charge in [0.1, 0.15) is 0 Å². The normalized spacial score (nSPS) is 39.7. The molecule has 0 spiro atoms. The first-order valence-electron chi connectivity index (χ1n) is 7.30. The van der Waals surface area contributed by atoms with Crippen LogP contribution in [0.2, 0.25) is 0 Å². The zero-order valence-corrected chi connectivity index (χ0v) is 11.2. The number of nitrogens with two attached hydrogens (primary N) is 1. The van der Waals surface area contributed by atoms with Crippen molar-refractivity contribution in [2.24, 2.45) is 11.7 Å². The standard InChI is InChI=1S/C14H28N2O/c1-2-4-12-6-8-16(10-12)13-5-3-7-14(15,9-13)11-17/h12-13,17H,2-11,15H2,1H3. The Morgan fingerprint density at radius 2 is 2.24 bits per heavy atom. The molecule has 0 aromatic heterocycles. The molecule has 3 unspecified atom stereocenters. The van der Waals surface area contributed by atoms with Crippen molar-refractivity contribution >= 4 is 0 Å². The Hall–Kier alpha value is -0.120. The highest BCUT2D eigenvalue weighted by molar-refractivity contribution is 4.95. The van der Waals surface area contributed by atoms with E-state index < -0.39 is 0 Å². The van der Waals surface area contributed by atoms with Crippen molar-refractivity contribution in [1.82, 2.24) is 4.90 Å². The summed E-state index contributed by atoms with van der Waals surface area (Å²) < 4.78 is 0. The molecule has 0 aromatic carbocycles. The monoisotopic (exact) mass is 240 g/mol. The van der Waals surface area contributed by atoms with Crippen LogP contribution in [0.25, 0.3) is 0 Å². The summed E-state index contributed by atoms with van der Waals surface area (Å²) in [4.78, 5) is 2.64. The van der Waals surface area contributed by atoms with Crippen LogP contribution >= 0.6 is 0 Å². The second kappa shape index (κ2) is 5.68. The first kappa shape index (κ1) is 13.3. The fraction of sp³-hybridized carbons (Fsp3) is 1.00. The highest BCUT2D eigenvalue weighted by Crippen LogP contribution is 2.33. The lowest BCUT2D eigenvalue weighted by molar-refractivity contribution is 0.0916. The number of hydrogen-bond donors (Lipinski definition) is 2. The zero-order valence-electron chi connectivity index (χ0n) is 11.2. The molecule has 2 fully saturated rings. The molecule has 0 amide bonds. The number of aliphatic hydroxyl groups is 1. The van der Waals surface area contributed by atoms with Gasteiger partial charge in [0.25, 0.3) is 0 Å². The Morgan fingerprint density at radius 1 is 1.41 bits per heavy atom. The van der Waals surface area contributed by atoms with E-state index in [1.54, 1.807) is 0 Å². The average Bonchev–Trinajstić information content (AvgIpc) is 2.78. The van der Waals surface area contributed by atoms with Crippen LogP contribution in [-0.4, -0.2) is 41.3 Å². The molecule has 0 radical (unpaired) electrons. The fourth-order valence-electron chi connectivity index (χ4n) is 3.66. The third kappa shape index (κ3) is 3.21. The van der Waals surface area contributed by atoms with Gasteiger partial charge in [0.15, 0.2) is 0 Å². The van der Waals surface area contributed by atoms with Crippen molar-refractivity contribution in [2.45, 2.75) is 63.5 Å². The van der Waals surface area contributed by atoms with Crippen LogP contribution in [-0.2, 0) is 0 Å². The minimum atomic E-state index is -0.300. The minimum absolute atomic E-state index is 0.149. The molecule has 2 rings (SSSR count). The van der Waals surface area contributed by atoms with Crippen LogP contribution in [0, 0.1) is 5.92 Å². The molecule has 3 heteroatoms. The second-order valence-electron chi connectivity index (χ2n) is 6.21. The molecule has 2 aliphatic rings. The first-order valence-corrected chi connectivity index (χ1v) is 7.30. The third-order valence-corrected chi connectivity index (χ3v) is 4.70. The first-order chi connectivity index (χ1) is 8.17. The number of hydrogen-bond acceptors (Lipinski definition) is 3. The smallest absolute Gasteiger partial charge is 0.0611 e. The van der Waals surface area contributed by atoms with Gasteiger partial charge in [-0.15, -0.1) is 0 Å². The topological polar surface area (TPSA) is 49.5 Å². The molecule has 1 aliphatic carbocycles. The second-order valence-corrected chi connectivity index (χ2v) is 6.21. The molecule has 1 heterocycles. The molecule has 17 heavy (non-hydrogen) atoms. The van der Waals surface area contributed by atoms with E-state index in [1.807, 2.05) is 0 Å². The van der Waals surface area contributed by atoms with E-state index >= 15 is 0 Å². The summed E-state index contributed by atoms with van der Waals surface area (Å²) in [6.45, 7) is 4.94. The van der Waals surface area contributed by atoms with Gasteiger partial charge in [-0.1, -0.05) is 13.3 Å². The van der Waals surface area contributed by atoms with Crippen molar-refractivity contribution in [3.8, 4) is 0 Å². The van der Waals surface area contributed by atoms with E-state index in [1.165, 1.54) is 45.2 Å². The van der Waals surface area contributed by atoms with Gasteiger partial charge in [0.2, 0.25) is 0 Å². The molecule has 3 nitrogen and oxygen atoms in total. The van der Waals surface area contributed by atoms with E-state index in [9.17, 15) is 5.11 Å². The van der Waals surface area contributed by atoms with Crippen LogP contribution in [0.4, 0.5) is 0 Å². The summed E-state index contributed by atoms with van der Waals surface area (Å²) in [6, 6.07) is 0.628. The lowest BCUT2D eigenvalue weighted by Crippen LogP contribution is -2.52. The van der Waals surface area contributed by atoms with Gasteiger partial charge in [-0.2, -0.15) is 0 Å². The van der Waals surface area contributed by atoms with Crippen molar-refractivity contribution in [3.63, 3.8) is 0 Å². The van der Waals surface area contributed by atoms with Crippen molar-refractivity contribution < 1.29 is 5.11 Å². The quantitative estimate of drug-likeness (QED) is 0.787.